The van der Waals surface area contributed by atoms with E-state index < -0.39 is 0 Å². The number of hydrogen-bond acceptors (Lipinski definition) is 5. The van der Waals surface area contributed by atoms with Crippen LogP contribution in [0.15, 0.2) is 42.5 Å². The highest BCUT2D eigenvalue weighted by Gasteiger charge is 2.29. The van der Waals surface area contributed by atoms with Crippen LogP contribution < -0.4 is 10.2 Å². The Labute approximate surface area is 166 Å². The van der Waals surface area contributed by atoms with Crippen LogP contribution in [0.1, 0.15) is 38.5 Å². The molecule has 0 unspecified atom stereocenters. The Morgan fingerprint density at radius 1 is 1.00 bits per heavy atom. The number of benzene rings is 1. The molecule has 1 saturated heterocycles. The third-order valence-electron chi connectivity index (χ3n) is 5.88. The Balaban J connectivity index is 1.36. The van der Waals surface area contributed by atoms with E-state index in [1.54, 1.807) is 0 Å². The number of carbonyl (C=O) groups excluding carboxylic acids is 1. The van der Waals surface area contributed by atoms with E-state index >= 15 is 0 Å². The van der Waals surface area contributed by atoms with Crippen LogP contribution in [0.4, 0.5) is 5.82 Å². The van der Waals surface area contributed by atoms with Gasteiger partial charge in [-0.2, -0.15) is 0 Å². The van der Waals surface area contributed by atoms with Gasteiger partial charge in [0.25, 0.3) is 0 Å². The predicted molar refractivity (Wildman–Crippen MR) is 109 cm³/mol. The molecule has 2 N–H and O–H groups in total. The standard InChI is InChI=1S/C22H28N4O2/c27-19-10-8-18(9-11-19)23-22(28)17-7-4-14-26(15-17)21-13-12-20(24-25-21)16-5-2-1-3-6-16/h1-3,5-6,12-13,17-19,27H,4,7-11,14-15H2,(H,23,28)/t17-,18?,19?/m0/s1. The van der Waals surface area contributed by atoms with E-state index in [1.165, 1.54) is 0 Å². The summed E-state index contributed by atoms with van der Waals surface area (Å²) in [6, 6.07) is 14.2. The quantitative estimate of drug-likeness (QED) is 0.853. The highest BCUT2D eigenvalue weighted by atomic mass is 16.3. The van der Waals surface area contributed by atoms with Gasteiger partial charge < -0.3 is 15.3 Å². The summed E-state index contributed by atoms with van der Waals surface area (Å²) in [5, 5.41) is 21.6. The van der Waals surface area contributed by atoms with Crippen molar-refractivity contribution in [2.75, 3.05) is 18.0 Å². The Morgan fingerprint density at radius 2 is 1.79 bits per heavy atom. The number of hydrogen-bond donors (Lipinski definition) is 2. The summed E-state index contributed by atoms with van der Waals surface area (Å²) in [5.74, 6) is 0.953. The smallest absolute Gasteiger partial charge is 0.225 e. The van der Waals surface area contributed by atoms with Crippen LogP contribution in [-0.2, 0) is 4.79 Å². The molecule has 1 aliphatic heterocycles. The number of amides is 1. The molecule has 0 bridgehead atoms. The van der Waals surface area contributed by atoms with Crippen molar-refractivity contribution in [3.63, 3.8) is 0 Å². The molecule has 6 nitrogen and oxygen atoms in total. The molecule has 1 atom stereocenters. The van der Waals surface area contributed by atoms with Crippen LogP contribution in [0, 0.1) is 5.92 Å². The van der Waals surface area contributed by atoms with Crippen LogP contribution in [0.5, 0.6) is 0 Å². The van der Waals surface area contributed by atoms with Gasteiger partial charge in [0.2, 0.25) is 5.91 Å². The molecule has 0 radical (unpaired) electrons. The van der Waals surface area contributed by atoms with Gasteiger partial charge in [0.15, 0.2) is 5.82 Å². The minimum atomic E-state index is -0.198. The van der Waals surface area contributed by atoms with Crippen molar-refractivity contribution < 1.29 is 9.90 Å². The molecule has 1 aromatic carbocycles. The lowest BCUT2D eigenvalue weighted by atomic mass is 9.91. The molecule has 4 rings (SSSR count). The molecule has 1 amide bonds. The normalized spacial score (nSPS) is 25.3. The number of anilines is 1. The predicted octanol–water partition coefficient (Wildman–Crippen LogP) is 2.78. The summed E-state index contributed by atoms with van der Waals surface area (Å²) in [4.78, 5) is 14.9. The second kappa shape index (κ2) is 8.69. The van der Waals surface area contributed by atoms with Crippen molar-refractivity contribution in [1.82, 2.24) is 15.5 Å². The van der Waals surface area contributed by atoms with Crippen LogP contribution in [-0.4, -0.2) is 46.4 Å². The summed E-state index contributed by atoms with van der Waals surface area (Å²) in [7, 11) is 0. The molecule has 6 heteroatoms. The Bertz CT molecular complexity index is 773. The molecular weight excluding hydrogens is 352 g/mol. The third kappa shape index (κ3) is 4.50. The number of piperidine rings is 1. The fourth-order valence-electron chi connectivity index (χ4n) is 4.20. The maximum Gasteiger partial charge on any atom is 0.225 e. The largest absolute Gasteiger partial charge is 0.393 e. The number of aliphatic hydroxyl groups excluding tert-OH is 1. The van der Waals surface area contributed by atoms with Crippen LogP contribution in [0.2, 0.25) is 0 Å². The van der Waals surface area contributed by atoms with Crippen molar-refractivity contribution in [3.05, 3.63) is 42.5 Å². The molecule has 28 heavy (non-hydrogen) atoms. The Kier molecular flexibility index (Phi) is 5.86. The van der Waals surface area contributed by atoms with Crippen molar-refractivity contribution in [2.45, 2.75) is 50.7 Å². The lowest BCUT2D eigenvalue weighted by Crippen LogP contribution is -2.47. The number of carbonyl (C=O) groups is 1. The van der Waals surface area contributed by atoms with Gasteiger partial charge in [-0.25, -0.2) is 0 Å². The second-order valence-corrected chi connectivity index (χ2v) is 7.94. The molecule has 1 aromatic heterocycles. The molecule has 0 spiro atoms. The maximum absolute atomic E-state index is 12.7. The topological polar surface area (TPSA) is 78.4 Å². The minimum absolute atomic E-state index is 0.0174. The molecular formula is C22H28N4O2. The highest BCUT2D eigenvalue weighted by molar-refractivity contribution is 5.80. The SMILES string of the molecule is O=C(NC1CCC(O)CC1)[C@H]1CCCN(c2ccc(-c3ccccc3)nn2)C1. The number of aromatic nitrogens is 2. The van der Waals surface area contributed by atoms with E-state index in [9.17, 15) is 9.90 Å². The summed E-state index contributed by atoms with van der Waals surface area (Å²) >= 11 is 0. The number of nitrogens with one attached hydrogen (secondary N) is 1. The van der Waals surface area contributed by atoms with E-state index in [0.717, 1.165) is 62.1 Å². The number of nitrogens with zero attached hydrogens (tertiary/aromatic N) is 3. The summed E-state index contributed by atoms with van der Waals surface area (Å²) in [6.45, 7) is 1.58. The zero-order chi connectivity index (χ0) is 19.3. The van der Waals surface area contributed by atoms with E-state index in [4.69, 9.17) is 0 Å². The van der Waals surface area contributed by atoms with E-state index in [0.29, 0.717) is 6.54 Å². The fraction of sp³-hybridized carbons (Fsp3) is 0.500. The molecule has 2 heterocycles. The highest BCUT2D eigenvalue weighted by Crippen LogP contribution is 2.24. The Hall–Kier alpha value is -2.47. The van der Waals surface area contributed by atoms with Gasteiger partial charge in [-0.05, 0) is 50.7 Å². The third-order valence-corrected chi connectivity index (χ3v) is 5.88. The first kappa shape index (κ1) is 18.9. The molecule has 2 aromatic rings. The van der Waals surface area contributed by atoms with Gasteiger partial charge in [0.1, 0.15) is 0 Å². The van der Waals surface area contributed by atoms with Crippen molar-refractivity contribution in [3.8, 4) is 11.3 Å². The van der Waals surface area contributed by atoms with Crippen LogP contribution >= 0.6 is 0 Å². The lowest BCUT2D eigenvalue weighted by Gasteiger charge is -2.34. The van der Waals surface area contributed by atoms with Crippen molar-refractivity contribution in [2.24, 2.45) is 5.92 Å². The van der Waals surface area contributed by atoms with E-state index in [2.05, 4.69) is 20.4 Å². The van der Waals surface area contributed by atoms with Gasteiger partial charge >= 0.3 is 0 Å². The van der Waals surface area contributed by atoms with Gasteiger partial charge in [-0.15, -0.1) is 10.2 Å². The lowest BCUT2D eigenvalue weighted by molar-refractivity contribution is -0.126. The van der Waals surface area contributed by atoms with Crippen LogP contribution in [0.25, 0.3) is 11.3 Å². The molecule has 2 fully saturated rings. The molecule has 1 aliphatic carbocycles. The van der Waals surface area contributed by atoms with Crippen molar-refractivity contribution >= 4 is 11.7 Å². The maximum atomic E-state index is 12.7. The molecule has 148 valence electrons. The first-order valence-corrected chi connectivity index (χ1v) is 10.3. The first-order valence-electron chi connectivity index (χ1n) is 10.3. The zero-order valence-electron chi connectivity index (χ0n) is 16.1. The monoisotopic (exact) mass is 380 g/mol. The average molecular weight is 380 g/mol. The molecule has 2 aliphatic rings. The zero-order valence-corrected chi connectivity index (χ0v) is 16.1. The average Bonchev–Trinajstić information content (AvgIpc) is 2.76. The fourth-order valence-corrected chi connectivity index (χ4v) is 4.20. The summed E-state index contributed by atoms with van der Waals surface area (Å²) in [6.07, 6.45) is 4.99. The van der Waals surface area contributed by atoms with Gasteiger partial charge in [0, 0.05) is 24.7 Å². The first-order chi connectivity index (χ1) is 13.7. The number of rotatable bonds is 4. The minimum Gasteiger partial charge on any atom is -0.393 e. The van der Waals surface area contributed by atoms with Crippen LogP contribution in [0.3, 0.4) is 0 Å². The van der Waals surface area contributed by atoms with Gasteiger partial charge in [-0.3, -0.25) is 4.79 Å². The number of aliphatic hydroxyl groups is 1. The second-order valence-electron chi connectivity index (χ2n) is 7.94. The van der Waals surface area contributed by atoms with Crippen molar-refractivity contribution in [1.29, 1.82) is 0 Å². The van der Waals surface area contributed by atoms with E-state index in [1.807, 2.05) is 42.5 Å². The summed E-state index contributed by atoms with van der Waals surface area (Å²) < 4.78 is 0. The van der Waals surface area contributed by atoms with Gasteiger partial charge in [-0.1, -0.05) is 30.3 Å². The van der Waals surface area contributed by atoms with Gasteiger partial charge in [0.05, 0.1) is 17.7 Å². The summed E-state index contributed by atoms with van der Waals surface area (Å²) in [5.41, 5.74) is 1.91. The van der Waals surface area contributed by atoms with E-state index in [-0.39, 0.29) is 24.0 Å². The Morgan fingerprint density at radius 3 is 2.50 bits per heavy atom. The molecule has 1 saturated carbocycles.